The molecule has 3 heteroatoms. The molecule has 2 aliphatic carbocycles. The lowest BCUT2D eigenvalue weighted by molar-refractivity contribution is 0.303. The van der Waals surface area contributed by atoms with Crippen molar-refractivity contribution in [2.24, 2.45) is 5.92 Å². The Kier molecular flexibility index (Phi) is 8.22. The zero-order chi connectivity index (χ0) is 23.2. The van der Waals surface area contributed by atoms with Crippen LogP contribution >= 0.6 is 0 Å². The average molecular weight is 453 g/mol. The van der Waals surface area contributed by atoms with Crippen molar-refractivity contribution in [3.63, 3.8) is 0 Å². The van der Waals surface area contributed by atoms with Gasteiger partial charge in [0, 0.05) is 5.56 Å². The first-order valence-corrected chi connectivity index (χ1v) is 12.9. The van der Waals surface area contributed by atoms with Gasteiger partial charge in [-0.1, -0.05) is 38.3 Å². The Balaban J connectivity index is 1.42. The van der Waals surface area contributed by atoms with E-state index in [0.29, 0.717) is 18.9 Å². The number of rotatable bonds is 9. The van der Waals surface area contributed by atoms with Crippen LogP contribution in [0.2, 0.25) is 0 Å². The predicted molar refractivity (Wildman–Crippen MR) is 132 cm³/mol. The number of fused-ring (bicyclic) bond motifs is 1. The molecule has 0 bridgehead atoms. The number of halogens is 2. The van der Waals surface area contributed by atoms with Crippen LogP contribution in [-0.4, -0.2) is 6.61 Å². The van der Waals surface area contributed by atoms with Crippen molar-refractivity contribution in [1.29, 1.82) is 0 Å². The summed E-state index contributed by atoms with van der Waals surface area (Å²) < 4.78 is 36.2. The van der Waals surface area contributed by atoms with Gasteiger partial charge >= 0.3 is 0 Å². The Bertz CT molecular complexity index is 919. The van der Waals surface area contributed by atoms with Crippen molar-refractivity contribution in [3.05, 3.63) is 76.9 Å². The fourth-order valence-electron chi connectivity index (χ4n) is 5.83. The van der Waals surface area contributed by atoms with Crippen molar-refractivity contribution < 1.29 is 13.5 Å². The summed E-state index contributed by atoms with van der Waals surface area (Å²) >= 11 is 0. The molecular formula is C30H38F2O. The van der Waals surface area contributed by atoms with Crippen LogP contribution in [0.1, 0.15) is 98.8 Å². The summed E-state index contributed by atoms with van der Waals surface area (Å²) in [5.41, 5.74) is 3.56. The molecule has 33 heavy (non-hydrogen) atoms. The Morgan fingerprint density at radius 1 is 0.970 bits per heavy atom. The number of unbranched alkanes of at least 4 members (excludes halogenated alkanes) is 1. The third-order valence-electron chi connectivity index (χ3n) is 7.79. The number of aryl methyl sites for hydroxylation is 1. The Morgan fingerprint density at radius 3 is 2.42 bits per heavy atom. The minimum atomic E-state index is -0.351. The van der Waals surface area contributed by atoms with E-state index in [9.17, 15) is 0 Å². The molecule has 2 aromatic carbocycles. The number of hydrogen-bond acceptors (Lipinski definition) is 1. The molecule has 0 spiro atoms. The summed E-state index contributed by atoms with van der Waals surface area (Å²) in [6.07, 6.45) is 13.2. The predicted octanol–water partition coefficient (Wildman–Crippen LogP) is 8.66. The number of hydrogen-bond donors (Lipinski definition) is 0. The van der Waals surface area contributed by atoms with E-state index >= 15 is 8.78 Å². The monoisotopic (exact) mass is 452 g/mol. The lowest BCUT2D eigenvalue weighted by atomic mass is 9.76. The molecular weight excluding hydrogens is 414 g/mol. The number of benzene rings is 2. The highest BCUT2D eigenvalue weighted by Gasteiger charge is 2.28. The molecule has 2 aliphatic rings. The van der Waals surface area contributed by atoms with Gasteiger partial charge in [0.25, 0.3) is 0 Å². The maximum atomic E-state index is 15.2. The SMILES string of the molecule is C=CCCOc1ccc2c(c1)CCC(c1c(F)cc(C3CCC(CCCC)CC3)cc1F)C2. The quantitative estimate of drug-likeness (QED) is 0.273. The Morgan fingerprint density at radius 2 is 1.73 bits per heavy atom. The first-order valence-electron chi connectivity index (χ1n) is 12.9. The van der Waals surface area contributed by atoms with Crippen molar-refractivity contribution in [2.75, 3.05) is 6.61 Å². The van der Waals surface area contributed by atoms with Crippen molar-refractivity contribution >= 4 is 0 Å². The summed E-state index contributed by atoms with van der Waals surface area (Å²) in [5.74, 6) is 1.15. The van der Waals surface area contributed by atoms with Crippen LogP contribution < -0.4 is 4.74 Å². The highest BCUT2D eigenvalue weighted by molar-refractivity contribution is 5.41. The second-order valence-electron chi connectivity index (χ2n) is 10.1. The molecule has 0 aromatic heterocycles. The second-order valence-corrected chi connectivity index (χ2v) is 10.1. The Labute approximate surface area is 198 Å². The molecule has 0 aliphatic heterocycles. The molecule has 0 amide bonds. The molecule has 4 rings (SSSR count). The fraction of sp³-hybridized carbons (Fsp3) is 0.533. The zero-order valence-electron chi connectivity index (χ0n) is 20.1. The molecule has 1 fully saturated rings. The molecule has 0 saturated heterocycles. The molecule has 2 aromatic rings. The van der Waals surface area contributed by atoms with Crippen LogP contribution in [-0.2, 0) is 12.8 Å². The maximum Gasteiger partial charge on any atom is 0.129 e. The van der Waals surface area contributed by atoms with Crippen LogP contribution in [0.4, 0.5) is 8.78 Å². The molecule has 1 unspecified atom stereocenters. The van der Waals surface area contributed by atoms with Gasteiger partial charge < -0.3 is 4.74 Å². The second kappa shape index (κ2) is 11.3. The van der Waals surface area contributed by atoms with Crippen molar-refractivity contribution in [1.82, 2.24) is 0 Å². The van der Waals surface area contributed by atoms with E-state index in [1.54, 1.807) is 12.1 Å². The van der Waals surface area contributed by atoms with Crippen molar-refractivity contribution in [2.45, 2.75) is 89.4 Å². The van der Waals surface area contributed by atoms with Gasteiger partial charge in [0.1, 0.15) is 17.4 Å². The molecule has 0 heterocycles. The van der Waals surface area contributed by atoms with E-state index in [2.05, 4.69) is 25.6 Å². The van der Waals surface area contributed by atoms with E-state index in [1.807, 2.05) is 12.1 Å². The van der Waals surface area contributed by atoms with Gasteiger partial charge in [-0.3, -0.25) is 0 Å². The Hall–Kier alpha value is -2.16. The van der Waals surface area contributed by atoms with Gasteiger partial charge in [-0.05, 0) is 110 Å². The van der Waals surface area contributed by atoms with E-state index in [1.165, 1.54) is 43.2 Å². The molecule has 0 N–H and O–H groups in total. The smallest absolute Gasteiger partial charge is 0.129 e. The third-order valence-corrected chi connectivity index (χ3v) is 7.79. The maximum absolute atomic E-state index is 15.2. The van der Waals surface area contributed by atoms with Crippen molar-refractivity contribution in [3.8, 4) is 5.75 Å². The molecule has 178 valence electrons. The van der Waals surface area contributed by atoms with Crippen LogP contribution in [0.15, 0.2) is 43.0 Å². The van der Waals surface area contributed by atoms with E-state index in [0.717, 1.165) is 49.3 Å². The highest BCUT2D eigenvalue weighted by atomic mass is 19.1. The van der Waals surface area contributed by atoms with E-state index in [4.69, 9.17) is 4.74 Å². The first kappa shape index (κ1) is 24.0. The van der Waals surface area contributed by atoms with Crippen LogP contribution in [0, 0.1) is 17.6 Å². The number of ether oxygens (including phenoxy) is 1. The van der Waals surface area contributed by atoms with Gasteiger partial charge in [0.2, 0.25) is 0 Å². The topological polar surface area (TPSA) is 9.23 Å². The summed E-state index contributed by atoms with van der Waals surface area (Å²) in [6.45, 7) is 6.57. The third kappa shape index (κ3) is 5.86. The molecule has 1 saturated carbocycles. The van der Waals surface area contributed by atoms with Gasteiger partial charge in [-0.15, -0.1) is 6.58 Å². The minimum Gasteiger partial charge on any atom is -0.493 e. The molecule has 1 atom stereocenters. The largest absolute Gasteiger partial charge is 0.493 e. The van der Waals surface area contributed by atoms with Gasteiger partial charge in [-0.25, -0.2) is 8.78 Å². The van der Waals surface area contributed by atoms with Crippen LogP contribution in [0.5, 0.6) is 5.75 Å². The van der Waals surface area contributed by atoms with Gasteiger partial charge in [0.05, 0.1) is 6.61 Å². The molecule has 1 nitrogen and oxygen atoms in total. The lowest BCUT2D eigenvalue weighted by Crippen LogP contribution is -2.17. The fourth-order valence-corrected chi connectivity index (χ4v) is 5.83. The van der Waals surface area contributed by atoms with Crippen LogP contribution in [0.3, 0.4) is 0 Å². The first-order chi connectivity index (χ1) is 16.1. The summed E-state index contributed by atoms with van der Waals surface area (Å²) in [5, 5.41) is 0. The summed E-state index contributed by atoms with van der Waals surface area (Å²) in [7, 11) is 0. The minimum absolute atomic E-state index is 0.108. The molecule has 0 radical (unpaired) electrons. The lowest BCUT2D eigenvalue weighted by Gasteiger charge is -2.30. The summed E-state index contributed by atoms with van der Waals surface area (Å²) in [4.78, 5) is 0. The highest BCUT2D eigenvalue weighted by Crippen LogP contribution is 2.41. The normalized spacial score (nSPS) is 22.6. The summed E-state index contributed by atoms with van der Waals surface area (Å²) in [6, 6.07) is 9.40. The van der Waals surface area contributed by atoms with Gasteiger partial charge in [-0.2, -0.15) is 0 Å². The van der Waals surface area contributed by atoms with Gasteiger partial charge in [0.15, 0.2) is 0 Å². The van der Waals surface area contributed by atoms with E-state index in [-0.39, 0.29) is 23.1 Å². The standard InChI is InChI=1S/C30H38F2O/c1-3-5-7-21-8-10-22(11-9-21)26-19-28(31)30(29(32)20-26)25-13-12-24-18-27(33-16-6-4-2)15-14-23(24)17-25/h4,14-15,18-22,25H,2-3,5-13,16-17H2,1H3. The zero-order valence-corrected chi connectivity index (χ0v) is 20.1. The average Bonchev–Trinajstić information content (AvgIpc) is 2.83. The van der Waals surface area contributed by atoms with Crippen LogP contribution in [0.25, 0.3) is 0 Å². The van der Waals surface area contributed by atoms with E-state index < -0.39 is 0 Å².